The molecule has 25 N–H and O–H groups in total. The zero-order valence-electron chi connectivity index (χ0n) is 59.6. The van der Waals surface area contributed by atoms with Crippen molar-refractivity contribution in [3.05, 3.63) is 35.9 Å². The summed E-state index contributed by atoms with van der Waals surface area (Å²) in [6, 6.07) is -14.9. The number of amides is 15. The van der Waals surface area contributed by atoms with Gasteiger partial charge in [0.15, 0.2) is 0 Å². The second kappa shape index (κ2) is 45.7. The van der Waals surface area contributed by atoms with E-state index in [1.807, 2.05) is 5.32 Å². The Morgan fingerprint density at radius 3 is 1.42 bits per heavy atom. The number of benzene rings is 1. The second-order valence-corrected chi connectivity index (χ2v) is 25.5. The molecule has 14 atom stereocenters. The van der Waals surface area contributed by atoms with Gasteiger partial charge < -0.3 is 122 Å². The summed E-state index contributed by atoms with van der Waals surface area (Å²) in [7, 11) is 0. The lowest BCUT2D eigenvalue weighted by atomic mass is 10.0. The number of nitrogens with zero attached hydrogens (tertiary/aromatic N) is 1. The zero-order valence-corrected chi connectivity index (χ0v) is 59.6. The van der Waals surface area contributed by atoms with E-state index in [1.54, 1.807) is 44.2 Å². The largest absolute Gasteiger partial charge is 0.481 e. The molecule has 1 aliphatic rings. The van der Waals surface area contributed by atoms with Crippen molar-refractivity contribution in [2.45, 2.75) is 210 Å². The maximum atomic E-state index is 14.1. The van der Waals surface area contributed by atoms with Crippen LogP contribution in [0.4, 0.5) is 0 Å². The molecule has 1 aromatic carbocycles. The van der Waals surface area contributed by atoms with E-state index in [9.17, 15) is 121 Å². The Labute approximate surface area is 612 Å². The van der Waals surface area contributed by atoms with Crippen LogP contribution in [-0.4, -0.2) is 265 Å². The van der Waals surface area contributed by atoms with Gasteiger partial charge in [0.2, 0.25) is 88.6 Å². The minimum Gasteiger partial charge on any atom is -0.481 e. The van der Waals surface area contributed by atoms with Gasteiger partial charge in [-0.1, -0.05) is 44.2 Å². The first-order valence-corrected chi connectivity index (χ1v) is 33.8. The lowest BCUT2D eigenvalue weighted by Gasteiger charge is -2.30. The van der Waals surface area contributed by atoms with Crippen LogP contribution in [0.25, 0.3) is 0 Å². The molecule has 594 valence electrons. The molecule has 1 saturated heterocycles. The van der Waals surface area contributed by atoms with Crippen molar-refractivity contribution in [1.82, 2.24) is 74.0 Å². The number of carbonyl (C=O) groups excluding carboxylic acids is 15. The first-order valence-electron chi connectivity index (χ1n) is 33.8. The van der Waals surface area contributed by atoms with E-state index in [2.05, 4.69) is 63.8 Å². The standard InChI is InChI=1S/C64H97N17O26/c1-29(2)22-38(57(99)75-37(64(106)107)16-18-45(67)83)77-61(103)43(28-82)80-60(102)41(25-49(89)90)78-58(100)39(23-34-12-8-7-9-13-34)76-54(96)32(5)69-52(94)31(4)70-56(98)35(14-10-20-65)74-53(95)33(6)71-62(104)44-15-11-21-81(44)63(105)42(26-50(91)92)79-59(101)40(24-48(87)88)72-46(84)27-68-55(97)36(17-19-47(85)86)73-51(93)30(3)66/h7-9,12-13,29-33,35-44,82H,10-11,14-28,65-66H2,1-6H3,(H2,67,83)(H,68,97)(H,69,94)(H,70,98)(H,71,104)(H,72,84)(H,73,93)(H,74,95)(H,75,99)(H,76,96)(H,77,103)(H,78,100)(H,79,101)(H,80,102)(H,85,86)(H,87,88)(H,89,90)(H,91,92)(H,106,107)/t30-,31-,32-,33-,35-,36-,37-,38-,39-,40-,41-,42-,43-,44-/m0/s1. The fourth-order valence-electron chi connectivity index (χ4n) is 10.2. The molecule has 43 heteroatoms. The number of nitrogens with one attached hydrogen (secondary N) is 13. The summed E-state index contributed by atoms with van der Waals surface area (Å²) < 4.78 is 0. The number of nitrogens with two attached hydrogens (primary N) is 3. The number of likely N-dealkylation sites (tertiary alicyclic amines) is 1. The lowest BCUT2D eigenvalue weighted by molar-refractivity contribution is -0.147. The first kappa shape index (κ1) is 91.6. The molecule has 0 aliphatic carbocycles. The highest BCUT2D eigenvalue weighted by Gasteiger charge is 2.42. The molecule has 0 bridgehead atoms. The van der Waals surface area contributed by atoms with Crippen molar-refractivity contribution >= 4 is 118 Å². The molecule has 1 aromatic rings. The number of rotatable bonds is 48. The topological polar surface area (TPSA) is 700 Å². The fourth-order valence-corrected chi connectivity index (χ4v) is 10.2. The van der Waals surface area contributed by atoms with Gasteiger partial charge in [-0.15, -0.1) is 0 Å². The third-order valence-electron chi connectivity index (χ3n) is 15.9. The Kier molecular flexibility index (Phi) is 39.1. The number of aliphatic carboxylic acids is 5. The minimum absolute atomic E-state index is 0.0127. The second-order valence-electron chi connectivity index (χ2n) is 25.5. The molecule has 2 rings (SSSR count). The fraction of sp³-hybridized carbons (Fsp3) is 0.594. The van der Waals surface area contributed by atoms with Gasteiger partial charge in [0, 0.05) is 25.8 Å². The van der Waals surface area contributed by atoms with Crippen LogP contribution in [0.1, 0.15) is 124 Å². The van der Waals surface area contributed by atoms with E-state index in [0.29, 0.717) is 5.56 Å². The average molecular weight is 1520 g/mol. The number of primary amides is 1. The van der Waals surface area contributed by atoms with Crippen molar-refractivity contribution in [3.63, 3.8) is 0 Å². The predicted molar refractivity (Wildman–Crippen MR) is 366 cm³/mol. The van der Waals surface area contributed by atoms with Gasteiger partial charge in [0.05, 0.1) is 38.5 Å². The number of carbonyl (C=O) groups is 20. The summed E-state index contributed by atoms with van der Waals surface area (Å²) in [4.78, 5) is 260. The summed E-state index contributed by atoms with van der Waals surface area (Å²) in [6.07, 6.45) is -5.77. The van der Waals surface area contributed by atoms with Crippen LogP contribution < -0.4 is 86.3 Å². The summed E-state index contributed by atoms with van der Waals surface area (Å²) in [5.74, 6) is -24.5. The Bertz CT molecular complexity index is 3400. The normalized spacial score (nSPS) is 16.0. The van der Waals surface area contributed by atoms with E-state index >= 15 is 0 Å². The van der Waals surface area contributed by atoms with E-state index < -0.39 is 261 Å². The molecular weight excluding hydrogens is 1420 g/mol. The Morgan fingerprint density at radius 1 is 0.467 bits per heavy atom. The molecule has 1 fully saturated rings. The third kappa shape index (κ3) is 33.4. The Morgan fingerprint density at radius 2 is 0.897 bits per heavy atom. The molecule has 15 amide bonds. The van der Waals surface area contributed by atoms with Crippen molar-refractivity contribution < 1.29 is 127 Å². The van der Waals surface area contributed by atoms with Gasteiger partial charge >= 0.3 is 29.8 Å². The summed E-state index contributed by atoms with van der Waals surface area (Å²) in [5.41, 5.74) is 16.8. The van der Waals surface area contributed by atoms with Crippen molar-refractivity contribution in [3.8, 4) is 0 Å². The highest BCUT2D eigenvalue weighted by atomic mass is 16.4. The van der Waals surface area contributed by atoms with Crippen LogP contribution in [0.5, 0.6) is 0 Å². The maximum absolute atomic E-state index is 14.1. The van der Waals surface area contributed by atoms with Crippen LogP contribution in [-0.2, 0) is 102 Å². The molecule has 0 unspecified atom stereocenters. The van der Waals surface area contributed by atoms with Gasteiger partial charge in [-0.05, 0) is 90.7 Å². The molecule has 0 aromatic heterocycles. The predicted octanol–water partition coefficient (Wildman–Crippen LogP) is -9.02. The summed E-state index contributed by atoms with van der Waals surface area (Å²) in [5, 5.41) is 87.4. The van der Waals surface area contributed by atoms with Crippen LogP contribution in [0.2, 0.25) is 0 Å². The molecule has 0 spiro atoms. The Hall–Kier alpha value is -11.5. The van der Waals surface area contributed by atoms with Gasteiger partial charge in [-0.2, -0.15) is 0 Å². The van der Waals surface area contributed by atoms with Gasteiger partial charge in [0.25, 0.3) is 0 Å². The lowest BCUT2D eigenvalue weighted by Crippen LogP contribution is -2.61. The van der Waals surface area contributed by atoms with E-state index in [-0.39, 0.29) is 57.5 Å². The maximum Gasteiger partial charge on any atom is 0.326 e. The molecule has 43 nitrogen and oxygen atoms in total. The number of aliphatic hydroxyl groups excluding tert-OH is 1. The first-order chi connectivity index (χ1) is 50.1. The molecule has 107 heavy (non-hydrogen) atoms. The van der Waals surface area contributed by atoms with Crippen LogP contribution in [0, 0.1) is 5.92 Å². The minimum atomic E-state index is -2.03. The van der Waals surface area contributed by atoms with Gasteiger partial charge in [-0.3, -0.25) is 91.1 Å². The van der Waals surface area contributed by atoms with Crippen LogP contribution in [0.15, 0.2) is 30.3 Å². The van der Waals surface area contributed by atoms with Crippen LogP contribution in [0.3, 0.4) is 0 Å². The number of hydrogen-bond acceptors (Lipinski definition) is 23. The zero-order chi connectivity index (χ0) is 81.1. The number of aliphatic hydroxyl groups is 1. The highest BCUT2D eigenvalue weighted by molar-refractivity contribution is 6.01. The monoisotopic (exact) mass is 1520 g/mol. The SMILES string of the molecule is CC(C)C[C@H](NC(=O)[C@H](CO)NC(=O)[C@H](CC(=O)O)NC(=O)[C@H](Cc1ccccc1)NC(=O)[C@H](C)NC(=O)[C@H](C)NC(=O)[C@H](CCCN)NC(=O)[C@H](C)NC(=O)[C@@H]1CCCN1C(=O)[C@H](CC(=O)O)NC(=O)[C@H](CC(=O)O)NC(=O)CNC(=O)[C@H](CCC(=O)O)NC(=O)[C@H](C)N)C(=O)N[C@@H](CCC(N)=O)C(=O)O. The number of carboxylic acids is 5. The molecular formula is C64H97N17O26. The smallest absolute Gasteiger partial charge is 0.326 e. The Balaban J connectivity index is 2.23. The van der Waals surface area contributed by atoms with Crippen molar-refractivity contribution in [2.24, 2.45) is 23.1 Å². The van der Waals surface area contributed by atoms with E-state index in [0.717, 1.165) is 4.90 Å². The van der Waals surface area contributed by atoms with Crippen molar-refractivity contribution in [2.75, 3.05) is 26.2 Å². The average Bonchev–Trinajstić information content (AvgIpc) is 1.78. The third-order valence-corrected chi connectivity index (χ3v) is 15.9. The van der Waals surface area contributed by atoms with Crippen LogP contribution >= 0.6 is 0 Å². The number of carboxylic acid groups (broad SMARTS) is 5. The quantitative estimate of drug-likeness (QED) is 0.0288. The molecule has 1 heterocycles. The van der Waals surface area contributed by atoms with E-state index in [1.165, 1.54) is 27.7 Å². The summed E-state index contributed by atoms with van der Waals surface area (Å²) in [6.45, 7) is 5.77. The van der Waals surface area contributed by atoms with Gasteiger partial charge in [-0.25, -0.2) is 4.79 Å². The highest BCUT2D eigenvalue weighted by Crippen LogP contribution is 2.20. The van der Waals surface area contributed by atoms with Crippen molar-refractivity contribution in [1.29, 1.82) is 0 Å². The molecule has 0 saturated carbocycles. The van der Waals surface area contributed by atoms with E-state index in [4.69, 9.17) is 22.3 Å². The summed E-state index contributed by atoms with van der Waals surface area (Å²) >= 11 is 0. The molecule has 0 radical (unpaired) electrons. The molecule has 1 aliphatic heterocycles. The van der Waals surface area contributed by atoms with Gasteiger partial charge in [0.1, 0.15) is 78.5 Å². The number of hydrogen-bond donors (Lipinski definition) is 22.